The fraction of sp³-hybridized carbons (Fsp3) is 0.258. The van der Waals surface area contributed by atoms with Crippen LogP contribution in [0.1, 0.15) is 50.4 Å². The third-order valence-electron chi connectivity index (χ3n) is 7.44. The maximum Gasteiger partial charge on any atom is 0.416 e. The maximum atomic E-state index is 13.6. The fourth-order valence-corrected chi connectivity index (χ4v) is 5.40. The van der Waals surface area contributed by atoms with Crippen LogP contribution in [0.5, 0.6) is 0 Å². The molecule has 0 spiro atoms. The Bertz CT molecular complexity index is 1790. The number of amides is 2. The quantitative estimate of drug-likeness (QED) is 0.230. The molecule has 0 unspecified atom stereocenters. The lowest BCUT2D eigenvalue weighted by Crippen LogP contribution is -2.52. The minimum atomic E-state index is -5.14. The van der Waals surface area contributed by atoms with Crippen molar-refractivity contribution in [2.75, 3.05) is 6.54 Å². The van der Waals surface area contributed by atoms with Crippen LogP contribution in [0.3, 0.4) is 0 Å². The number of likely N-dealkylation sites (tertiary alicyclic amines) is 1. The van der Waals surface area contributed by atoms with Gasteiger partial charge in [0, 0.05) is 35.3 Å². The zero-order valence-electron chi connectivity index (χ0n) is 22.9. The molecule has 2 heterocycles. The normalized spacial score (nSPS) is 17.4. The maximum absolute atomic E-state index is 13.6. The first kappa shape index (κ1) is 32.0. The molecular formula is C31H22ClF7N2O4. The van der Waals surface area contributed by atoms with E-state index in [9.17, 15) is 45.1 Å². The van der Waals surface area contributed by atoms with Gasteiger partial charge in [-0.2, -0.15) is 26.3 Å². The SMILES string of the molecule is O=C(N[C@H]1CCN(C(=O)c2cc(C(F)(F)F)cc(C(F)(F)F)c2)[C@H](Cc2ccc(Cl)cc2)C1)c1cc(=O)c2cc(F)ccc2o1. The lowest BCUT2D eigenvalue weighted by atomic mass is 9.91. The first-order valence-corrected chi connectivity index (χ1v) is 13.9. The molecule has 2 atom stereocenters. The van der Waals surface area contributed by atoms with Crippen LogP contribution >= 0.6 is 11.6 Å². The number of nitrogens with zero attached hydrogens (tertiary/aromatic N) is 1. The van der Waals surface area contributed by atoms with E-state index in [2.05, 4.69) is 5.32 Å². The van der Waals surface area contributed by atoms with Gasteiger partial charge in [0.25, 0.3) is 11.8 Å². The molecule has 0 bridgehead atoms. The molecule has 14 heteroatoms. The molecule has 1 aliphatic rings. The molecular weight excluding hydrogens is 633 g/mol. The third kappa shape index (κ3) is 7.30. The van der Waals surface area contributed by atoms with E-state index in [1.165, 1.54) is 11.0 Å². The number of benzene rings is 3. The van der Waals surface area contributed by atoms with Gasteiger partial charge < -0.3 is 14.6 Å². The van der Waals surface area contributed by atoms with Gasteiger partial charge in [-0.15, -0.1) is 0 Å². The number of carbonyl (C=O) groups excluding carboxylic acids is 2. The first-order chi connectivity index (χ1) is 21.1. The van der Waals surface area contributed by atoms with Gasteiger partial charge in [-0.05, 0) is 73.4 Å². The monoisotopic (exact) mass is 654 g/mol. The summed E-state index contributed by atoms with van der Waals surface area (Å²) >= 11 is 5.97. The summed E-state index contributed by atoms with van der Waals surface area (Å²) in [7, 11) is 0. The van der Waals surface area contributed by atoms with Crippen molar-refractivity contribution < 1.29 is 44.7 Å². The predicted octanol–water partition coefficient (Wildman–Crippen LogP) is 7.27. The second-order valence-corrected chi connectivity index (χ2v) is 11.0. The summed E-state index contributed by atoms with van der Waals surface area (Å²) in [5, 5.41) is 3.07. The average molecular weight is 655 g/mol. The van der Waals surface area contributed by atoms with Gasteiger partial charge >= 0.3 is 12.4 Å². The van der Waals surface area contributed by atoms with E-state index in [0.29, 0.717) is 22.7 Å². The highest BCUT2D eigenvalue weighted by molar-refractivity contribution is 6.30. The van der Waals surface area contributed by atoms with Crippen LogP contribution in [0.4, 0.5) is 30.7 Å². The second-order valence-electron chi connectivity index (χ2n) is 10.6. The summed E-state index contributed by atoms with van der Waals surface area (Å²) in [5.74, 6) is -2.83. The van der Waals surface area contributed by atoms with Crippen LogP contribution in [-0.4, -0.2) is 35.3 Å². The van der Waals surface area contributed by atoms with Gasteiger partial charge in [-0.1, -0.05) is 23.7 Å². The molecule has 0 saturated carbocycles. The summed E-state index contributed by atoms with van der Waals surface area (Å²) < 4.78 is 100.0. The van der Waals surface area contributed by atoms with Gasteiger partial charge in [0.2, 0.25) is 0 Å². The van der Waals surface area contributed by atoms with Crippen LogP contribution in [0.15, 0.2) is 75.9 Å². The smallest absolute Gasteiger partial charge is 0.416 e. The summed E-state index contributed by atoms with van der Waals surface area (Å²) in [4.78, 5) is 40.3. The highest BCUT2D eigenvalue weighted by Gasteiger charge is 2.39. The van der Waals surface area contributed by atoms with Gasteiger partial charge in [0.05, 0.1) is 16.5 Å². The highest BCUT2D eigenvalue weighted by Crippen LogP contribution is 2.37. The number of carbonyl (C=O) groups is 2. The van der Waals surface area contributed by atoms with Crippen molar-refractivity contribution in [1.29, 1.82) is 0 Å². The summed E-state index contributed by atoms with van der Waals surface area (Å²) in [5.41, 5.74) is -4.01. The van der Waals surface area contributed by atoms with Crippen molar-refractivity contribution in [3.63, 3.8) is 0 Å². The number of rotatable bonds is 5. The van der Waals surface area contributed by atoms with E-state index in [0.717, 1.165) is 18.2 Å². The average Bonchev–Trinajstić information content (AvgIpc) is 2.97. The number of nitrogens with one attached hydrogen (secondary N) is 1. The third-order valence-corrected chi connectivity index (χ3v) is 7.70. The molecule has 2 amide bonds. The Labute approximate surface area is 255 Å². The van der Waals surface area contributed by atoms with E-state index in [1.54, 1.807) is 24.3 Å². The molecule has 6 nitrogen and oxygen atoms in total. The van der Waals surface area contributed by atoms with Crippen molar-refractivity contribution in [2.24, 2.45) is 0 Å². The zero-order chi connectivity index (χ0) is 32.7. The van der Waals surface area contributed by atoms with Gasteiger partial charge in [0.1, 0.15) is 11.4 Å². The van der Waals surface area contributed by atoms with Gasteiger partial charge in [0.15, 0.2) is 11.2 Å². The van der Waals surface area contributed by atoms with Crippen molar-refractivity contribution in [1.82, 2.24) is 10.2 Å². The molecule has 3 aromatic carbocycles. The molecule has 1 aliphatic heterocycles. The van der Waals surface area contributed by atoms with Crippen molar-refractivity contribution in [2.45, 2.75) is 43.7 Å². The summed E-state index contributed by atoms with van der Waals surface area (Å²) in [6.07, 6.45) is -9.99. The van der Waals surface area contributed by atoms with E-state index in [-0.39, 0.29) is 48.6 Å². The Balaban J connectivity index is 1.43. The van der Waals surface area contributed by atoms with Crippen LogP contribution in [0.25, 0.3) is 11.0 Å². The molecule has 0 aliphatic carbocycles. The first-order valence-electron chi connectivity index (χ1n) is 13.5. The lowest BCUT2D eigenvalue weighted by molar-refractivity contribution is -0.143. The Kier molecular flexibility index (Phi) is 8.67. The molecule has 1 saturated heterocycles. The van der Waals surface area contributed by atoms with Gasteiger partial charge in [-0.25, -0.2) is 4.39 Å². The summed E-state index contributed by atoms with van der Waals surface area (Å²) in [6.45, 7) is -0.124. The van der Waals surface area contributed by atoms with E-state index in [4.69, 9.17) is 16.0 Å². The van der Waals surface area contributed by atoms with E-state index >= 15 is 0 Å². The number of hydrogen-bond donors (Lipinski definition) is 1. The largest absolute Gasteiger partial charge is 0.451 e. The minimum Gasteiger partial charge on any atom is -0.451 e. The molecule has 5 rings (SSSR count). The number of halogens is 8. The molecule has 1 aromatic heterocycles. The highest BCUT2D eigenvalue weighted by atomic mass is 35.5. The van der Waals surface area contributed by atoms with Crippen molar-refractivity contribution >= 4 is 34.4 Å². The van der Waals surface area contributed by atoms with Crippen LogP contribution < -0.4 is 10.7 Å². The minimum absolute atomic E-state index is 0.0191. The number of piperidine rings is 1. The topological polar surface area (TPSA) is 79.6 Å². The molecule has 236 valence electrons. The number of fused-ring (bicyclic) bond motifs is 1. The van der Waals surface area contributed by atoms with E-state index in [1.807, 2.05) is 0 Å². The van der Waals surface area contributed by atoms with Crippen molar-refractivity contribution in [3.05, 3.63) is 116 Å². The number of alkyl halides is 6. The predicted molar refractivity (Wildman–Crippen MR) is 149 cm³/mol. The Hall–Kier alpha value is -4.39. The van der Waals surface area contributed by atoms with E-state index < -0.39 is 64.2 Å². The molecule has 4 aromatic rings. The fourth-order valence-electron chi connectivity index (χ4n) is 5.28. The lowest BCUT2D eigenvalue weighted by Gasteiger charge is -2.40. The Morgan fingerprint density at radius 1 is 0.911 bits per heavy atom. The molecule has 1 N–H and O–H groups in total. The van der Waals surface area contributed by atoms with Crippen molar-refractivity contribution in [3.8, 4) is 0 Å². The zero-order valence-corrected chi connectivity index (χ0v) is 23.7. The summed E-state index contributed by atoms with van der Waals surface area (Å²) in [6, 6.07) is 9.96. The number of hydrogen-bond acceptors (Lipinski definition) is 4. The second kappa shape index (κ2) is 12.2. The van der Waals surface area contributed by atoms with Crippen LogP contribution in [0, 0.1) is 5.82 Å². The van der Waals surface area contributed by atoms with Gasteiger partial charge in [-0.3, -0.25) is 14.4 Å². The molecule has 0 radical (unpaired) electrons. The Morgan fingerprint density at radius 2 is 1.56 bits per heavy atom. The standard InChI is InChI=1S/C31H22ClF7N2O4/c32-20-3-1-16(2-4-20)9-23-14-22(40-28(43)27-15-25(42)24-13-21(33)5-6-26(24)45-27)7-8-41(23)29(44)17-10-18(30(34,35)36)12-19(11-17)31(37,38)39/h1-6,10-13,15,22-23H,7-9,14H2,(H,40,43)/t22-,23+/m0/s1. The molecule has 45 heavy (non-hydrogen) atoms. The molecule has 1 fully saturated rings. The van der Waals surface area contributed by atoms with Crippen LogP contribution in [0.2, 0.25) is 5.02 Å². The van der Waals surface area contributed by atoms with Crippen LogP contribution in [-0.2, 0) is 18.8 Å². The Morgan fingerprint density at radius 3 is 2.18 bits per heavy atom.